The first kappa shape index (κ1) is 39.8. The molecule has 66 heavy (non-hydrogen) atoms. The molecule has 318 valence electrons. The maximum Gasteiger partial charge on any atom is 0.209 e. The number of hydrogen-bond acceptors (Lipinski definition) is 7. The van der Waals surface area contributed by atoms with Gasteiger partial charge in [0.05, 0.1) is 41.2 Å². The highest BCUT2D eigenvalue weighted by Gasteiger charge is 2.39. The van der Waals surface area contributed by atoms with Crippen LogP contribution in [0.2, 0.25) is 0 Å². The average molecular weight is 912 g/mol. The Bertz CT molecular complexity index is 3690. The summed E-state index contributed by atoms with van der Waals surface area (Å²) >= 11 is 1.55. The van der Waals surface area contributed by atoms with Crippen LogP contribution >= 0.6 is 11.3 Å². The summed E-state index contributed by atoms with van der Waals surface area (Å²) in [5.74, 6) is 0. The van der Waals surface area contributed by atoms with E-state index >= 15 is 0 Å². The van der Waals surface area contributed by atoms with E-state index in [9.17, 15) is 16.8 Å². The molecule has 0 fully saturated rings. The van der Waals surface area contributed by atoms with Crippen LogP contribution in [0.3, 0.4) is 0 Å². The third-order valence-corrected chi connectivity index (χ3v) is 17.5. The zero-order chi connectivity index (χ0) is 44.6. The predicted octanol–water partition coefficient (Wildman–Crippen LogP) is 14.6. The van der Waals surface area contributed by atoms with Gasteiger partial charge < -0.3 is 14.4 Å². The van der Waals surface area contributed by atoms with Crippen LogP contribution in [-0.2, 0) is 19.7 Å². The molecule has 0 saturated carbocycles. The highest BCUT2D eigenvalue weighted by Crippen LogP contribution is 2.49. The molecule has 0 bridgehead atoms. The fourth-order valence-corrected chi connectivity index (χ4v) is 14.7. The molecule has 0 N–H and O–H groups in total. The molecule has 2 aromatic heterocycles. The number of rotatable bonds is 8. The molecule has 12 rings (SSSR count). The predicted molar refractivity (Wildman–Crippen MR) is 268 cm³/mol. The molecule has 3 heterocycles. The fourth-order valence-electron chi connectivity index (χ4n) is 9.38. The Morgan fingerprint density at radius 2 is 0.758 bits per heavy atom. The van der Waals surface area contributed by atoms with Crippen LogP contribution in [-0.4, -0.2) is 21.4 Å². The summed E-state index contributed by atoms with van der Waals surface area (Å²) in [6.45, 7) is 0. The van der Waals surface area contributed by atoms with E-state index in [-0.39, 0.29) is 19.6 Å². The summed E-state index contributed by atoms with van der Waals surface area (Å²) in [6.07, 6.45) is 0. The average Bonchev–Trinajstić information content (AvgIpc) is 3.90. The van der Waals surface area contributed by atoms with Gasteiger partial charge in [-0.2, -0.15) is 0 Å². The van der Waals surface area contributed by atoms with Gasteiger partial charge >= 0.3 is 0 Å². The second kappa shape index (κ2) is 15.5. The maximum atomic E-state index is 14.3. The summed E-state index contributed by atoms with van der Waals surface area (Å²) in [5, 5.41) is 3.01. The number of hydrogen-bond donors (Lipinski definition) is 0. The quantitative estimate of drug-likeness (QED) is 0.151. The lowest BCUT2D eigenvalue weighted by molar-refractivity contribution is 0.570. The van der Waals surface area contributed by atoms with E-state index < -0.39 is 19.7 Å². The second-order valence-electron chi connectivity index (χ2n) is 16.1. The number of anilines is 6. The van der Waals surface area contributed by atoms with E-state index in [2.05, 4.69) is 111 Å². The number of nitrogens with zero attached hydrogens (tertiary/aromatic N) is 3. The van der Waals surface area contributed by atoms with Gasteiger partial charge in [0, 0.05) is 55.0 Å². The highest BCUT2D eigenvalue weighted by atomic mass is 32.2. The van der Waals surface area contributed by atoms with Crippen molar-refractivity contribution >= 4 is 97.0 Å². The van der Waals surface area contributed by atoms with Crippen LogP contribution in [0.15, 0.2) is 244 Å². The molecule has 0 radical (unpaired) electrons. The molecule has 7 nitrogen and oxygen atoms in total. The zero-order valence-corrected chi connectivity index (χ0v) is 37.5. The Morgan fingerprint density at radius 1 is 0.348 bits per heavy atom. The minimum Gasteiger partial charge on any atom is -0.310 e. The van der Waals surface area contributed by atoms with Gasteiger partial charge in [-0.05, 0) is 121 Å². The van der Waals surface area contributed by atoms with Gasteiger partial charge in [-0.15, -0.1) is 11.3 Å². The smallest absolute Gasteiger partial charge is 0.209 e. The molecule has 0 amide bonds. The standard InChI is InChI=1S/C56H37N3O4S3/c60-65(61)51-27-15-16-28-52(51)66(62,63)54-35-38(29-34-53(54)65)56-55(45-25-13-14-26-50(45)64-56)59-48-32-30-43(57(39-17-5-1-6-18-39)40-19-7-2-8-20-40)36-46(48)47-37-44(31-33-49(47)59)58(41-21-9-3-10-22-41)42-23-11-4-12-24-42/h1-37H. The van der Waals surface area contributed by atoms with Crippen molar-refractivity contribution in [3.05, 3.63) is 224 Å². The first-order chi connectivity index (χ1) is 32.3. The monoisotopic (exact) mass is 911 g/mol. The van der Waals surface area contributed by atoms with Crippen LogP contribution in [0.1, 0.15) is 0 Å². The van der Waals surface area contributed by atoms with Crippen molar-refractivity contribution < 1.29 is 16.8 Å². The third-order valence-electron chi connectivity index (χ3n) is 12.3. The molecule has 1 aliphatic rings. The number of thiophene rings is 1. The first-order valence-electron chi connectivity index (χ1n) is 21.4. The second-order valence-corrected chi connectivity index (χ2v) is 21.0. The number of aromatic nitrogens is 1. The number of fused-ring (bicyclic) bond motifs is 6. The molecule has 9 aromatic carbocycles. The summed E-state index contributed by atoms with van der Waals surface area (Å²) in [7, 11) is -8.28. The van der Waals surface area contributed by atoms with Crippen LogP contribution in [0, 0.1) is 0 Å². The van der Waals surface area contributed by atoms with E-state index in [0.29, 0.717) is 5.56 Å². The lowest BCUT2D eigenvalue weighted by Crippen LogP contribution is -2.19. The van der Waals surface area contributed by atoms with Gasteiger partial charge in [0.2, 0.25) is 19.7 Å². The molecule has 0 atom stereocenters. The normalized spacial score (nSPS) is 13.6. The van der Waals surface area contributed by atoms with Gasteiger partial charge in [0.25, 0.3) is 0 Å². The molecular formula is C56H37N3O4S3. The largest absolute Gasteiger partial charge is 0.310 e. The Labute approximate surface area is 386 Å². The molecule has 1 aliphatic heterocycles. The Kier molecular flexibility index (Phi) is 9.32. The Morgan fingerprint density at radius 3 is 1.24 bits per heavy atom. The molecule has 0 aliphatic carbocycles. The molecule has 10 heteroatoms. The van der Waals surface area contributed by atoms with Gasteiger partial charge in [-0.25, -0.2) is 16.8 Å². The third kappa shape index (κ3) is 6.29. The molecule has 11 aromatic rings. The van der Waals surface area contributed by atoms with E-state index in [4.69, 9.17) is 0 Å². The van der Waals surface area contributed by atoms with Crippen molar-refractivity contribution in [3.63, 3.8) is 0 Å². The van der Waals surface area contributed by atoms with Gasteiger partial charge in [-0.3, -0.25) is 0 Å². The zero-order valence-electron chi connectivity index (χ0n) is 35.1. The van der Waals surface area contributed by atoms with E-state index in [0.717, 1.165) is 76.6 Å². The van der Waals surface area contributed by atoms with E-state index in [1.54, 1.807) is 35.6 Å². The first-order valence-corrected chi connectivity index (χ1v) is 25.2. The van der Waals surface area contributed by atoms with Gasteiger partial charge in [0.1, 0.15) is 0 Å². The van der Waals surface area contributed by atoms with Crippen molar-refractivity contribution in [3.8, 4) is 16.1 Å². The topological polar surface area (TPSA) is 79.7 Å². The van der Waals surface area contributed by atoms with Crippen LogP contribution in [0.25, 0.3) is 48.0 Å². The van der Waals surface area contributed by atoms with Crippen molar-refractivity contribution in [1.29, 1.82) is 0 Å². The summed E-state index contributed by atoms with van der Waals surface area (Å²) in [6, 6.07) is 73.3. The van der Waals surface area contributed by atoms with Crippen LogP contribution in [0.5, 0.6) is 0 Å². The molecule has 0 saturated heterocycles. The van der Waals surface area contributed by atoms with Crippen molar-refractivity contribution in [2.75, 3.05) is 9.80 Å². The molecule has 0 unspecified atom stereocenters. The van der Waals surface area contributed by atoms with Crippen molar-refractivity contribution in [2.24, 2.45) is 0 Å². The summed E-state index contributed by atoms with van der Waals surface area (Å²) in [4.78, 5) is 4.49. The lowest BCUT2D eigenvalue weighted by atomic mass is 10.1. The summed E-state index contributed by atoms with van der Waals surface area (Å²) < 4.78 is 59.8. The van der Waals surface area contributed by atoms with Crippen molar-refractivity contribution in [2.45, 2.75) is 19.6 Å². The van der Waals surface area contributed by atoms with Gasteiger partial charge in [0.15, 0.2) is 0 Å². The SMILES string of the molecule is O=S1(=O)c2ccccc2S(=O)(=O)c2cc(-c3sc4ccccc4c3-n3c4ccc(N(c5ccccc5)c5ccccc5)cc4c4cc(N(c5ccccc5)c5ccccc5)ccc43)ccc21. The Hall–Kier alpha value is -7.76. The van der Waals surface area contributed by atoms with Crippen molar-refractivity contribution in [1.82, 2.24) is 4.57 Å². The molecule has 0 spiro atoms. The lowest BCUT2D eigenvalue weighted by Gasteiger charge is -2.26. The number of benzene rings is 9. The van der Waals surface area contributed by atoms with E-state index in [1.807, 2.05) is 84.9 Å². The number of para-hydroxylation sites is 4. The van der Waals surface area contributed by atoms with Crippen LogP contribution in [0.4, 0.5) is 34.1 Å². The minimum atomic E-state index is -4.18. The fraction of sp³-hybridized carbons (Fsp3) is 0. The number of sulfone groups is 2. The van der Waals surface area contributed by atoms with Gasteiger partial charge in [-0.1, -0.05) is 109 Å². The molecular weight excluding hydrogens is 875 g/mol. The Balaban J connectivity index is 1.14. The van der Waals surface area contributed by atoms with Crippen LogP contribution < -0.4 is 9.80 Å². The van der Waals surface area contributed by atoms with E-state index in [1.165, 1.54) is 18.2 Å². The maximum absolute atomic E-state index is 14.3. The summed E-state index contributed by atoms with van der Waals surface area (Å²) in [5.41, 5.74) is 9.40. The minimum absolute atomic E-state index is 0.201. The highest BCUT2D eigenvalue weighted by molar-refractivity contribution is 7.97.